The lowest BCUT2D eigenvalue weighted by molar-refractivity contribution is 1.55. The van der Waals surface area contributed by atoms with Gasteiger partial charge in [0.15, 0.2) is 0 Å². The van der Waals surface area contributed by atoms with Gasteiger partial charge in [-0.1, -0.05) is 72.7 Å². The topological polar surface area (TPSA) is 0 Å². The van der Waals surface area contributed by atoms with Crippen LogP contribution in [0.3, 0.4) is 0 Å². The van der Waals surface area contributed by atoms with Gasteiger partial charge in [0.2, 0.25) is 0 Å². The van der Waals surface area contributed by atoms with Gasteiger partial charge in [-0.15, -0.1) is 6.42 Å². The van der Waals surface area contributed by atoms with Gasteiger partial charge in [-0.25, -0.2) is 0 Å². The lowest BCUT2D eigenvalue weighted by Gasteiger charge is -2.12. The van der Waals surface area contributed by atoms with Crippen molar-refractivity contribution in [2.75, 3.05) is 0 Å². The predicted molar refractivity (Wildman–Crippen MR) is 84.1 cm³/mol. The van der Waals surface area contributed by atoms with E-state index < -0.39 is 0 Å². The van der Waals surface area contributed by atoms with E-state index in [-0.39, 0.29) is 0 Å². The first-order chi connectivity index (χ1) is 9.90. The SMILES string of the molecule is C#Cc1cc[c]c(-c2ccccc2)c1-c1ccccc1. The maximum atomic E-state index is 5.67. The molecule has 1 radical (unpaired) electrons. The van der Waals surface area contributed by atoms with Crippen LogP contribution in [0.2, 0.25) is 0 Å². The molecule has 0 bridgehead atoms. The molecule has 0 aromatic heterocycles. The summed E-state index contributed by atoms with van der Waals surface area (Å²) in [5.41, 5.74) is 5.27. The quantitative estimate of drug-likeness (QED) is 0.575. The van der Waals surface area contributed by atoms with E-state index in [1.165, 1.54) is 0 Å². The summed E-state index contributed by atoms with van der Waals surface area (Å²) in [5.74, 6) is 2.78. The molecule has 0 aliphatic carbocycles. The predicted octanol–water partition coefficient (Wildman–Crippen LogP) is 4.80. The van der Waals surface area contributed by atoms with Crippen LogP contribution < -0.4 is 0 Å². The Kier molecular flexibility index (Phi) is 3.35. The molecule has 3 aromatic rings. The second kappa shape index (κ2) is 5.47. The standard InChI is InChI=1S/C20H13/c1-2-16-14-9-15-19(17-10-5-3-6-11-17)20(16)18-12-7-4-8-13-18/h1,3-14H. The van der Waals surface area contributed by atoms with Gasteiger partial charge in [0.25, 0.3) is 0 Å². The maximum Gasteiger partial charge on any atom is 0.0327 e. The van der Waals surface area contributed by atoms with Gasteiger partial charge in [0, 0.05) is 11.1 Å². The van der Waals surface area contributed by atoms with E-state index in [2.05, 4.69) is 36.3 Å². The molecule has 0 heteroatoms. The summed E-state index contributed by atoms with van der Waals surface area (Å²) in [6, 6.07) is 27.6. The van der Waals surface area contributed by atoms with E-state index in [1.807, 2.05) is 48.5 Å². The number of rotatable bonds is 2. The van der Waals surface area contributed by atoms with Crippen LogP contribution in [0.25, 0.3) is 22.3 Å². The molecule has 0 atom stereocenters. The molecule has 0 nitrogen and oxygen atoms in total. The van der Waals surface area contributed by atoms with Gasteiger partial charge in [-0.05, 0) is 28.8 Å². The van der Waals surface area contributed by atoms with Crippen LogP contribution in [0.5, 0.6) is 0 Å². The van der Waals surface area contributed by atoms with Gasteiger partial charge in [-0.2, -0.15) is 0 Å². The van der Waals surface area contributed by atoms with Gasteiger partial charge < -0.3 is 0 Å². The van der Waals surface area contributed by atoms with E-state index in [0.717, 1.165) is 27.8 Å². The summed E-state index contributed by atoms with van der Waals surface area (Å²) in [7, 11) is 0. The second-order valence-electron chi connectivity index (χ2n) is 4.52. The molecule has 3 aromatic carbocycles. The van der Waals surface area contributed by atoms with Crippen molar-refractivity contribution in [2.45, 2.75) is 0 Å². The smallest absolute Gasteiger partial charge is 0.0327 e. The molecule has 0 saturated carbocycles. The molecule has 0 heterocycles. The van der Waals surface area contributed by atoms with Crippen molar-refractivity contribution in [2.24, 2.45) is 0 Å². The Bertz CT molecular complexity index is 747. The first-order valence-electron chi connectivity index (χ1n) is 6.52. The highest BCUT2D eigenvalue weighted by atomic mass is 14.1. The van der Waals surface area contributed by atoms with Crippen molar-refractivity contribution >= 4 is 0 Å². The second-order valence-corrected chi connectivity index (χ2v) is 4.52. The molecule has 0 fully saturated rings. The molecule has 0 saturated heterocycles. The van der Waals surface area contributed by atoms with Crippen LogP contribution in [0.4, 0.5) is 0 Å². The van der Waals surface area contributed by atoms with Gasteiger partial charge in [-0.3, -0.25) is 0 Å². The minimum absolute atomic E-state index is 0.897. The largest absolute Gasteiger partial charge is 0.115 e. The summed E-state index contributed by atoms with van der Waals surface area (Å²) < 4.78 is 0. The van der Waals surface area contributed by atoms with Gasteiger partial charge in [0.05, 0.1) is 0 Å². The summed E-state index contributed by atoms with van der Waals surface area (Å²) in [5, 5.41) is 0. The zero-order valence-electron chi connectivity index (χ0n) is 11.0. The Morgan fingerprint density at radius 1 is 0.750 bits per heavy atom. The van der Waals surface area contributed by atoms with Crippen LogP contribution >= 0.6 is 0 Å². The number of hydrogen-bond donors (Lipinski definition) is 0. The Morgan fingerprint density at radius 3 is 1.95 bits per heavy atom. The average Bonchev–Trinajstić information content (AvgIpc) is 2.55. The third-order valence-electron chi connectivity index (χ3n) is 3.28. The Balaban J connectivity index is 2.30. The van der Waals surface area contributed by atoms with E-state index in [9.17, 15) is 0 Å². The fourth-order valence-electron chi connectivity index (χ4n) is 2.36. The van der Waals surface area contributed by atoms with E-state index in [4.69, 9.17) is 6.42 Å². The normalized spacial score (nSPS) is 9.95. The van der Waals surface area contributed by atoms with Crippen molar-refractivity contribution in [3.8, 4) is 34.6 Å². The molecule has 0 N–H and O–H groups in total. The third-order valence-corrected chi connectivity index (χ3v) is 3.28. The van der Waals surface area contributed by atoms with Crippen LogP contribution in [0.15, 0.2) is 72.8 Å². The Labute approximate surface area is 119 Å². The summed E-state index contributed by atoms with van der Waals surface area (Å²) in [6.07, 6.45) is 5.67. The molecule has 3 rings (SSSR count). The highest BCUT2D eigenvalue weighted by Gasteiger charge is 2.10. The van der Waals surface area contributed by atoms with E-state index in [0.29, 0.717) is 0 Å². The van der Waals surface area contributed by atoms with Crippen LogP contribution in [-0.2, 0) is 0 Å². The van der Waals surface area contributed by atoms with Crippen molar-refractivity contribution in [1.29, 1.82) is 0 Å². The summed E-state index contributed by atoms with van der Waals surface area (Å²) in [4.78, 5) is 0. The number of hydrogen-bond acceptors (Lipinski definition) is 0. The van der Waals surface area contributed by atoms with Crippen LogP contribution in [0, 0.1) is 18.4 Å². The molecule has 0 spiro atoms. The van der Waals surface area contributed by atoms with Crippen molar-refractivity contribution in [3.63, 3.8) is 0 Å². The Hall–Kier alpha value is -2.78. The molecule has 0 unspecified atom stereocenters. The molecule has 0 aliphatic heterocycles. The minimum atomic E-state index is 0.897. The van der Waals surface area contributed by atoms with E-state index >= 15 is 0 Å². The highest BCUT2D eigenvalue weighted by Crippen LogP contribution is 2.34. The van der Waals surface area contributed by atoms with E-state index in [1.54, 1.807) is 0 Å². The Morgan fingerprint density at radius 2 is 1.35 bits per heavy atom. The van der Waals surface area contributed by atoms with Crippen molar-refractivity contribution in [1.82, 2.24) is 0 Å². The first-order valence-corrected chi connectivity index (χ1v) is 6.52. The fourth-order valence-corrected chi connectivity index (χ4v) is 2.36. The minimum Gasteiger partial charge on any atom is -0.115 e. The van der Waals surface area contributed by atoms with Gasteiger partial charge >= 0.3 is 0 Å². The molecule has 93 valence electrons. The monoisotopic (exact) mass is 253 g/mol. The summed E-state index contributed by atoms with van der Waals surface area (Å²) >= 11 is 0. The lowest BCUT2D eigenvalue weighted by Crippen LogP contribution is -1.90. The zero-order valence-corrected chi connectivity index (χ0v) is 11.0. The fraction of sp³-hybridized carbons (Fsp3) is 0. The highest BCUT2D eigenvalue weighted by molar-refractivity contribution is 5.87. The van der Waals surface area contributed by atoms with Gasteiger partial charge in [0.1, 0.15) is 0 Å². The third kappa shape index (κ3) is 2.22. The summed E-state index contributed by atoms with van der Waals surface area (Å²) in [6.45, 7) is 0. The lowest BCUT2D eigenvalue weighted by atomic mass is 9.91. The number of terminal acetylenes is 1. The number of benzene rings is 3. The molecule has 0 amide bonds. The van der Waals surface area contributed by atoms with Crippen molar-refractivity contribution in [3.05, 3.63) is 84.4 Å². The van der Waals surface area contributed by atoms with Crippen LogP contribution in [0.1, 0.15) is 5.56 Å². The molecule has 20 heavy (non-hydrogen) atoms. The molecular formula is C20H13. The molecular weight excluding hydrogens is 240 g/mol. The average molecular weight is 253 g/mol. The van der Waals surface area contributed by atoms with Crippen molar-refractivity contribution < 1.29 is 0 Å². The zero-order chi connectivity index (χ0) is 13.8. The van der Waals surface area contributed by atoms with Crippen LogP contribution in [-0.4, -0.2) is 0 Å². The molecule has 0 aliphatic rings. The first kappa shape index (κ1) is 12.3. The maximum absolute atomic E-state index is 5.67.